The minimum atomic E-state index is 0.572. The lowest BCUT2D eigenvalue weighted by Crippen LogP contribution is -2.42. The summed E-state index contributed by atoms with van der Waals surface area (Å²) in [6, 6.07) is 10.7. The lowest BCUT2D eigenvalue weighted by Gasteiger charge is -2.36. The molecule has 0 saturated carbocycles. The first-order valence-corrected chi connectivity index (χ1v) is 8.87. The molecular weight excluding hydrogens is 316 g/mol. The van der Waals surface area contributed by atoms with Crippen molar-refractivity contribution in [3.8, 4) is 0 Å². The van der Waals surface area contributed by atoms with Crippen LogP contribution in [0.5, 0.6) is 0 Å². The second-order valence-corrected chi connectivity index (χ2v) is 6.98. The van der Waals surface area contributed by atoms with Gasteiger partial charge in [0.25, 0.3) is 0 Å². The predicted molar refractivity (Wildman–Crippen MR) is 95.0 cm³/mol. The summed E-state index contributed by atoms with van der Waals surface area (Å²) >= 11 is 0. The number of piperidine rings is 1. The molecule has 1 aliphatic heterocycles. The predicted octanol–water partition coefficient (Wildman–Crippen LogP) is 3.22. The van der Waals surface area contributed by atoms with Gasteiger partial charge in [-0.2, -0.15) is 0 Å². The van der Waals surface area contributed by atoms with Crippen molar-refractivity contribution in [3.05, 3.63) is 47.5 Å². The van der Waals surface area contributed by atoms with Crippen molar-refractivity contribution in [3.63, 3.8) is 0 Å². The lowest BCUT2D eigenvalue weighted by molar-refractivity contribution is 0.111. The second kappa shape index (κ2) is 6.98. The first kappa shape index (κ1) is 16.3. The third-order valence-electron chi connectivity index (χ3n) is 5.09. The van der Waals surface area contributed by atoms with Gasteiger partial charge >= 0.3 is 0 Å². The van der Waals surface area contributed by atoms with Gasteiger partial charge in [0.15, 0.2) is 11.3 Å². The van der Waals surface area contributed by atoms with Crippen molar-refractivity contribution >= 4 is 11.0 Å². The fourth-order valence-corrected chi connectivity index (χ4v) is 3.65. The number of likely N-dealkylation sites (tertiary alicyclic amines) is 1. The van der Waals surface area contributed by atoms with Gasteiger partial charge in [0, 0.05) is 37.1 Å². The zero-order valence-corrected chi connectivity index (χ0v) is 14.8. The Morgan fingerprint density at radius 2 is 1.96 bits per heavy atom. The largest absolute Gasteiger partial charge is 0.360 e. The van der Waals surface area contributed by atoms with E-state index in [2.05, 4.69) is 33.2 Å². The first-order chi connectivity index (χ1) is 12.2. The van der Waals surface area contributed by atoms with Crippen LogP contribution in [0.25, 0.3) is 11.0 Å². The summed E-state index contributed by atoms with van der Waals surface area (Å²) in [5.74, 6) is 0.957. The van der Waals surface area contributed by atoms with E-state index in [0.29, 0.717) is 6.04 Å². The zero-order chi connectivity index (χ0) is 17.2. The zero-order valence-electron chi connectivity index (χ0n) is 14.8. The molecule has 0 N–H and O–H groups in total. The topological polar surface area (TPSA) is 58.5 Å². The molecule has 0 bridgehead atoms. The molecule has 3 aromatic rings. The van der Waals surface area contributed by atoms with Gasteiger partial charge in [0.05, 0.1) is 12.2 Å². The molecule has 0 atom stereocenters. The Balaban J connectivity index is 1.32. The van der Waals surface area contributed by atoms with Gasteiger partial charge in [-0.25, -0.2) is 0 Å². The van der Waals surface area contributed by atoms with Crippen LogP contribution < -0.4 is 0 Å². The Hall–Kier alpha value is -2.18. The maximum Gasteiger partial charge on any atom is 0.167 e. The van der Waals surface area contributed by atoms with Crippen LogP contribution in [0.1, 0.15) is 30.0 Å². The van der Waals surface area contributed by atoms with E-state index in [-0.39, 0.29) is 0 Å². The van der Waals surface area contributed by atoms with E-state index in [0.717, 1.165) is 67.1 Å². The third kappa shape index (κ3) is 3.60. The van der Waals surface area contributed by atoms with Gasteiger partial charge in [0.1, 0.15) is 5.69 Å². The van der Waals surface area contributed by atoms with Gasteiger partial charge in [-0.1, -0.05) is 22.4 Å². The molecule has 3 heterocycles. The molecule has 1 saturated heterocycles. The highest BCUT2D eigenvalue weighted by molar-refractivity contribution is 5.79. The lowest BCUT2D eigenvalue weighted by atomic mass is 10.0. The molecule has 2 aromatic heterocycles. The quantitative estimate of drug-likeness (QED) is 0.711. The summed E-state index contributed by atoms with van der Waals surface area (Å²) in [6.07, 6.45) is 2.30. The normalized spacial score (nSPS) is 16.9. The molecule has 6 nitrogen and oxygen atoms in total. The maximum absolute atomic E-state index is 5.42. The fraction of sp³-hybridized carbons (Fsp3) is 0.474. The summed E-state index contributed by atoms with van der Waals surface area (Å²) in [6.45, 7) is 5.79. The highest BCUT2D eigenvalue weighted by Gasteiger charge is 2.24. The average Bonchev–Trinajstić information content (AvgIpc) is 3.22. The number of para-hydroxylation sites is 1. The van der Waals surface area contributed by atoms with E-state index in [9.17, 15) is 0 Å². The van der Waals surface area contributed by atoms with Crippen LogP contribution in [0.15, 0.2) is 39.4 Å². The van der Waals surface area contributed by atoms with Crippen molar-refractivity contribution in [2.45, 2.75) is 38.9 Å². The van der Waals surface area contributed by atoms with Crippen LogP contribution in [0.3, 0.4) is 0 Å². The number of nitrogens with zero attached hydrogens (tertiary/aromatic N) is 4. The molecular formula is C19H24N4O2. The van der Waals surface area contributed by atoms with E-state index in [1.54, 1.807) is 0 Å². The van der Waals surface area contributed by atoms with Crippen molar-refractivity contribution in [2.24, 2.45) is 0 Å². The highest BCUT2D eigenvalue weighted by atomic mass is 16.5. The van der Waals surface area contributed by atoms with Gasteiger partial charge in [-0.05, 0) is 38.9 Å². The van der Waals surface area contributed by atoms with Crippen LogP contribution in [-0.4, -0.2) is 46.3 Å². The van der Waals surface area contributed by atoms with Crippen LogP contribution >= 0.6 is 0 Å². The molecule has 1 fully saturated rings. The summed E-state index contributed by atoms with van der Waals surface area (Å²) in [4.78, 5) is 4.84. The van der Waals surface area contributed by atoms with Gasteiger partial charge in [0.2, 0.25) is 0 Å². The van der Waals surface area contributed by atoms with Crippen LogP contribution in [0.4, 0.5) is 0 Å². The third-order valence-corrected chi connectivity index (χ3v) is 5.09. The molecule has 25 heavy (non-hydrogen) atoms. The van der Waals surface area contributed by atoms with Crippen molar-refractivity contribution in [1.29, 1.82) is 0 Å². The highest BCUT2D eigenvalue weighted by Crippen LogP contribution is 2.23. The molecule has 0 unspecified atom stereocenters. The molecule has 1 aliphatic rings. The monoisotopic (exact) mass is 340 g/mol. The Morgan fingerprint density at radius 1 is 1.16 bits per heavy atom. The van der Waals surface area contributed by atoms with E-state index in [4.69, 9.17) is 9.05 Å². The van der Waals surface area contributed by atoms with Crippen molar-refractivity contribution < 1.29 is 9.05 Å². The van der Waals surface area contributed by atoms with E-state index < -0.39 is 0 Å². The van der Waals surface area contributed by atoms with Gasteiger partial charge in [-0.15, -0.1) is 0 Å². The first-order valence-electron chi connectivity index (χ1n) is 8.87. The minimum Gasteiger partial charge on any atom is -0.360 e. The number of rotatable bonds is 5. The van der Waals surface area contributed by atoms with Crippen LogP contribution in [0, 0.1) is 6.92 Å². The van der Waals surface area contributed by atoms with Crippen molar-refractivity contribution in [2.75, 3.05) is 20.1 Å². The van der Waals surface area contributed by atoms with Gasteiger partial charge < -0.3 is 9.05 Å². The standard InChI is InChI=1S/C19H24N4O2/c1-14-11-16(24-20-14)12-23-9-7-15(8-10-23)22(2)13-18-17-5-3-4-6-19(17)25-21-18/h3-6,11,15H,7-10,12-13H2,1-2H3. The number of hydrogen-bond donors (Lipinski definition) is 0. The molecule has 132 valence electrons. The molecule has 6 heteroatoms. The number of hydrogen-bond acceptors (Lipinski definition) is 6. The van der Waals surface area contributed by atoms with Crippen molar-refractivity contribution in [1.82, 2.24) is 20.1 Å². The van der Waals surface area contributed by atoms with E-state index in [1.165, 1.54) is 0 Å². The Labute approximate surface area is 147 Å². The second-order valence-electron chi connectivity index (χ2n) is 6.98. The van der Waals surface area contributed by atoms with E-state index in [1.807, 2.05) is 31.2 Å². The SMILES string of the molecule is Cc1cc(CN2CCC(N(C)Cc3noc4ccccc34)CC2)on1. The summed E-state index contributed by atoms with van der Waals surface area (Å²) in [7, 11) is 2.18. The summed E-state index contributed by atoms with van der Waals surface area (Å²) in [5.41, 5.74) is 2.84. The van der Waals surface area contributed by atoms with E-state index >= 15 is 0 Å². The number of benzene rings is 1. The van der Waals surface area contributed by atoms with Crippen LogP contribution in [-0.2, 0) is 13.1 Å². The smallest absolute Gasteiger partial charge is 0.167 e. The molecule has 0 amide bonds. The van der Waals surface area contributed by atoms with Gasteiger partial charge in [-0.3, -0.25) is 9.80 Å². The number of aromatic nitrogens is 2. The molecule has 1 aromatic carbocycles. The summed E-state index contributed by atoms with van der Waals surface area (Å²) < 4.78 is 10.8. The summed E-state index contributed by atoms with van der Waals surface area (Å²) in [5, 5.41) is 9.34. The molecule has 0 spiro atoms. The Morgan fingerprint density at radius 3 is 2.72 bits per heavy atom. The Kier molecular flexibility index (Phi) is 4.55. The number of fused-ring (bicyclic) bond motifs is 1. The molecule has 4 rings (SSSR count). The molecule has 0 radical (unpaired) electrons. The maximum atomic E-state index is 5.42. The van der Waals surface area contributed by atoms with Crippen LogP contribution in [0.2, 0.25) is 0 Å². The molecule has 0 aliphatic carbocycles. The Bertz CT molecular complexity index is 833. The average molecular weight is 340 g/mol. The number of aryl methyl sites for hydroxylation is 1. The fourth-order valence-electron chi connectivity index (χ4n) is 3.65. The minimum absolute atomic E-state index is 0.572.